The number of nitrogens with zero attached hydrogens (tertiary/aromatic N) is 2. The van der Waals surface area contributed by atoms with Crippen molar-refractivity contribution >= 4 is 26.8 Å². The van der Waals surface area contributed by atoms with E-state index in [0.717, 1.165) is 30.3 Å². The number of carbonyl (C=O) groups is 1. The molecule has 146 valence electrons. The molecule has 0 unspecified atom stereocenters. The Morgan fingerprint density at radius 2 is 1.67 bits per heavy atom. The van der Waals surface area contributed by atoms with Crippen molar-refractivity contribution in [3.8, 4) is 0 Å². The lowest BCUT2D eigenvalue weighted by Crippen LogP contribution is -2.39. The number of rotatable bonds is 5. The number of carbonyl (C=O) groups excluding carboxylic acids is 1. The smallest absolute Gasteiger partial charge is 0.316 e. The van der Waals surface area contributed by atoms with Crippen LogP contribution in [0.3, 0.4) is 0 Å². The van der Waals surface area contributed by atoms with Crippen molar-refractivity contribution in [1.82, 2.24) is 14.5 Å². The van der Waals surface area contributed by atoms with Crippen molar-refractivity contribution < 1.29 is 13.2 Å². The number of hydrogen-bond acceptors (Lipinski definition) is 5. The van der Waals surface area contributed by atoms with Crippen LogP contribution in [0.5, 0.6) is 0 Å². The first kappa shape index (κ1) is 19.3. The predicted octanol–water partition coefficient (Wildman–Crippen LogP) is 0.460. The van der Waals surface area contributed by atoms with Crippen molar-refractivity contribution in [2.75, 3.05) is 5.75 Å². The molecule has 0 aliphatic heterocycles. The van der Waals surface area contributed by atoms with Gasteiger partial charge >= 0.3 is 11.1 Å². The maximum absolute atomic E-state index is 12.6. The van der Waals surface area contributed by atoms with Crippen LogP contribution in [-0.2, 0) is 28.7 Å². The highest BCUT2D eigenvalue weighted by Gasteiger charge is 2.21. The fourth-order valence-electron chi connectivity index (χ4n) is 3.47. The lowest BCUT2D eigenvalue weighted by molar-refractivity contribution is -0.121. The Bertz CT molecular complexity index is 1110. The van der Waals surface area contributed by atoms with E-state index >= 15 is 0 Å². The Kier molecular flexibility index (Phi) is 5.23. The summed E-state index contributed by atoms with van der Waals surface area (Å²) < 4.78 is 27.6. The van der Waals surface area contributed by atoms with Crippen LogP contribution in [0.4, 0.5) is 0 Å². The summed E-state index contributed by atoms with van der Waals surface area (Å²) in [4.78, 5) is 35.9. The summed E-state index contributed by atoms with van der Waals surface area (Å²) in [5, 5.41) is 2.88. The second-order valence-corrected chi connectivity index (χ2v) is 9.11. The Morgan fingerprint density at radius 3 is 2.30 bits per heavy atom. The van der Waals surface area contributed by atoms with Gasteiger partial charge in [-0.1, -0.05) is 12.8 Å². The highest BCUT2D eigenvalue weighted by molar-refractivity contribution is 7.91. The van der Waals surface area contributed by atoms with Gasteiger partial charge in [-0.2, -0.15) is 0 Å². The van der Waals surface area contributed by atoms with Gasteiger partial charge in [-0.15, -0.1) is 0 Å². The maximum atomic E-state index is 12.6. The van der Waals surface area contributed by atoms with E-state index in [-0.39, 0.29) is 29.0 Å². The third-order valence-electron chi connectivity index (χ3n) is 5.14. The van der Waals surface area contributed by atoms with Gasteiger partial charge in [-0.25, -0.2) is 8.42 Å². The topological polar surface area (TPSA) is 107 Å². The number of benzene rings is 1. The molecule has 1 aliphatic carbocycles. The molecule has 1 saturated carbocycles. The summed E-state index contributed by atoms with van der Waals surface area (Å²) >= 11 is 0. The zero-order valence-electron chi connectivity index (χ0n) is 15.4. The van der Waals surface area contributed by atoms with Gasteiger partial charge in [0, 0.05) is 26.6 Å². The molecule has 1 amide bonds. The predicted molar refractivity (Wildman–Crippen MR) is 101 cm³/mol. The van der Waals surface area contributed by atoms with Crippen LogP contribution in [0.15, 0.2) is 32.7 Å². The molecule has 0 saturated heterocycles. The molecule has 0 radical (unpaired) electrons. The van der Waals surface area contributed by atoms with Crippen LogP contribution in [0.25, 0.3) is 11.0 Å². The van der Waals surface area contributed by atoms with Crippen molar-refractivity contribution in [2.45, 2.75) is 43.0 Å². The largest absolute Gasteiger partial charge is 0.353 e. The minimum Gasteiger partial charge on any atom is -0.353 e. The summed E-state index contributed by atoms with van der Waals surface area (Å²) in [6.07, 6.45) is 3.94. The highest BCUT2D eigenvalue weighted by atomic mass is 32.2. The number of aromatic nitrogens is 2. The zero-order chi connectivity index (χ0) is 19.8. The van der Waals surface area contributed by atoms with Crippen molar-refractivity contribution in [2.24, 2.45) is 14.1 Å². The lowest BCUT2D eigenvalue weighted by Gasteiger charge is -2.13. The summed E-state index contributed by atoms with van der Waals surface area (Å²) in [6.45, 7) is 0. The van der Waals surface area contributed by atoms with E-state index in [1.54, 1.807) is 0 Å². The molecule has 1 N–H and O–H groups in total. The third-order valence-corrected chi connectivity index (χ3v) is 6.85. The maximum Gasteiger partial charge on any atom is 0.316 e. The molecular weight excluding hydrogens is 370 g/mol. The van der Waals surface area contributed by atoms with E-state index in [4.69, 9.17) is 0 Å². The van der Waals surface area contributed by atoms with Gasteiger partial charge in [0.15, 0.2) is 9.84 Å². The van der Waals surface area contributed by atoms with Gasteiger partial charge in [0.05, 0.1) is 21.7 Å². The first-order valence-corrected chi connectivity index (χ1v) is 10.6. The van der Waals surface area contributed by atoms with Gasteiger partial charge < -0.3 is 14.5 Å². The SMILES string of the molecule is Cn1c(=O)c(=O)n(C)c2cc(S(=O)(=O)CCC(=O)NC3CCCC3)ccc21. The standard InChI is InChI=1S/C18H23N3O5S/c1-20-14-8-7-13(11-15(14)21(2)18(24)17(20)23)27(25,26)10-9-16(22)19-12-5-3-4-6-12/h7-8,11-12H,3-6,9-10H2,1-2H3,(H,19,22). The fourth-order valence-corrected chi connectivity index (χ4v) is 4.73. The van der Waals surface area contributed by atoms with Gasteiger partial charge in [0.2, 0.25) is 5.91 Å². The van der Waals surface area contributed by atoms with Crippen molar-refractivity contribution in [3.05, 3.63) is 38.9 Å². The van der Waals surface area contributed by atoms with Gasteiger partial charge in [-0.3, -0.25) is 14.4 Å². The number of hydrogen-bond donors (Lipinski definition) is 1. The monoisotopic (exact) mass is 393 g/mol. The summed E-state index contributed by atoms with van der Waals surface area (Å²) in [6, 6.07) is 4.43. The van der Waals surface area contributed by atoms with E-state index in [1.807, 2.05) is 0 Å². The fraction of sp³-hybridized carbons (Fsp3) is 0.500. The molecule has 1 heterocycles. The minimum atomic E-state index is -3.70. The normalized spacial score (nSPS) is 15.3. The molecule has 1 fully saturated rings. The quantitative estimate of drug-likeness (QED) is 0.743. The molecule has 2 aromatic rings. The Labute approximate surface area is 156 Å². The van der Waals surface area contributed by atoms with E-state index in [1.165, 1.54) is 36.9 Å². The average molecular weight is 393 g/mol. The second-order valence-electron chi connectivity index (χ2n) is 7.00. The minimum absolute atomic E-state index is 0.0253. The lowest BCUT2D eigenvalue weighted by atomic mass is 10.2. The first-order valence-electron chi connectivity index (χ1n) is 8.92. The van der Waals surface area contributed by atoms with Crippen molar-refractivity contribution in [1.29, 1.82) is 0 Å². The number of sulfone groups is 1. The van der Waals surface area contributed by atoms with Gasteiger partial charge in [-0.05, 0) is 31.0 Å². The second kappa shape index (κ2) is 7.30. The number of fused-ring (bicyclic) bond motifs is 1. The van der Waals surface area contributed by atoms with Gasteiger partial charge in [0.25, 0.3) is 0 Å². The number of aryl methyl sites for hydroxylation is 2. The molecule has 1 aromatic carbocycles. The van der Waals surface area contributed by atoms with Crippen LogP contribution >= 0.6 is 0 Å². The molecule has 0 bridgehead atoms. The Hall–Kier alpha value is -2.42. The summed E-state index contributed by atoms with van der Waals surface area (Å²) in [5.74, 6) is -0.572. The molecule has 1 aromatic heterocycles. The van der Waals surface area contributed by atoms with Crippen LogP contribution < -0.4 is 16.4 Å². The summed E-state index contributed by atoms with van der Waals surface area (Å²) in [7, 11) is -0.803. The van der Waals surface area contributed by atoms with Crippen LogP contribution in [0, 0.1) is 0 Å². The zero-order valence-corrected chi connectivity index (χ0v) is 16.2. The van der Waals surface area contributed by atoms with Crippen LogP contribution in [-0.4, -0.2) is 35.3 Å². The van der Waals surface area contributed by atoms with E-state index < -0.39 is 21.0 Å². The molecule has 9 heteroatoms. The van der Waals surface area contributed by atoms with Crippen LogP contribution in [0.2, 0.25) is 0 Å². The summed E-state index contributed by atoms with van der Waals surface area (Å²) in [5.41, 5.74) is -0.599. The molecule has 27 heavy (non-hydrogen) atoms. The average Bonchev–Trinajstić information content (AvgIpc) is 3.15. The molecule has 0 atom stereocenters. The Morgan fingerprint density at radius 1 is 1.07 bits per heavy atom. The molecule has 0 spiro atoms. The van der Waals surface area contributed by atoms with E-state index in [2.05, 4.69) is 5.32 Å². The highest BCUT2D eigenvalue weighted by Crippen LogP contribution is 2.20. The third kappa shape index (κ3) is 3.83. The van der Waals surface area contributed by atoms with Gasteiger partial charge in [0.1, 0.15) is 0 Å². The molecule has 1 aliphatic rings. The molecule has 3 rings (SSSR count). The van der Waals surface area contributed by atoms with E-state index in [9.17, 15) is 22.8 Å². The van der Waals surface area contributed by atoms with Crippen molar-refractivity contribution in [3.63, 3.8) is 0 Å². The number of amides is 1. The number of nitrogens with one attached hydrogen (secondary N) is 1. The Balaban J connectivity index is 1.84. The van der Waals surface area contributed by atoms with E-state index in [0.29, 0.717) is 11.0 Å². The molecular formula is C18H23N3O5S. The molecule has 8 nitrogen and oxygen atoms in total. The van der Waals surface area contributed by atoms with Crippen LogP contribution in [0.1, 0.15) is 32.1 Å². The first-order chi connectivity index (χ1) is 12.7.